The van der Waals surface area contributed by atoms with Gasteiger partial charge in [0.15, 0.2) is 6.61 Å². The summed E-state index contributed by atoms with van der Waals surface area (Å²) in [5.41, 5.74) is 2.71. The van der Waals surface area contributed by atoms with Crippen molar-refractivity contribution in [3.8, 4) is 5.75 Å². The Balaban J connectivity index is 1.45. The number of oxime groups is 1. The Morgan fingerprint density at radius 3 is 2.41 bits per heavy atom. The number of likely N-dealkylation sites (N-methyl/N-ethyl adjacent to an activating group) is 1. The van der Waals surface area contributed by atoms with Crippen LogP contribution in [0.3, 0.4) is 0 Å². The van der Waals surface area contributed by atoms with Gasteiger partial charge in [-0.3, -0.25) is 4.79 Å². The van der Waals surface area contributed by atoms with E-state index < -0.39 is 0 Å². The maximum Gasteiger partial charge on any atom is 0.260 e. The lowest BCUT2D eigenvalue weighted by Gasteiger charge is -2.26. The van der Waals surface area contributed by atoms with Crippen molar-refractivity contribution in [2.45, 2.75) is 32.6 Å². The number of carbonyl (C=O) groups is 1. The number of anilines is 1. The van der Waals surface area contributed by atoms with Gasteiger partial charge in [0.1, 0.15) is 18.2 Å². The van der Waals surface area contributed by atoms with Crippen molar-refractivity contribution in [1.29, 1.82) is 0 Å². The highest BCUT2D eigenvalue weighted by Gasteiger charge is 2.16. The van der Waals surface area contributed by atoms with Gasteiger partial charge in [0, 0.05) is 25.8 Å². The summed E-state index contributed by atoms with van der Waals surface area (Å²) in [4.78, 5) is 21.6. The number of carbonyl (C=O) groups excluding carboxylic acids is 1. The first-order chi connectivity index (χ1) is 15.6. The highest BCUT2D eigenvalue weighted by atomic mass is 19.1. The lowest BCUT2D eigenvalue weighted by Crippen LogP contribution is -2.38. The van der Waals surface area contributed by atoms with Crippen molar-refractivity contribution in [2.75, 3.05) is 44.8 Å². The summed E-state index contributed by atoms with van der Waals surface area (Å²) in [6, 6.07) is 13.9. The number of hydrogen-bond donors (Lipinski definition) is 0. The summed E-state index contributed by atoms with van der Waals surface area (Å²) < 4.78 is 18.7. The van der Waals surface area contributed by atoms with Crippen LogP contribution in [-0.2, 0) is 9.63 Å². The van der Waals surface area contributed by atoms with E-state index in [-0.39, 0.29) is 18.3 Å². The molecule has 0 bridgehead atoms. The summed E-state index contributed by atoms with van der Waals surface area (Å²) in [6.07, 6.45) is 4.07. The number of rotatable bonds is 10. The van der Waals surface area contributed by atoms with Gasteiger partial charge in [0.2, 0.25) is 0 Å². The zero-order valence-electron chi connectivity index (χ0n) is 18.9. The predicted molar refractivity (Wildman–Crippen MR) is 125 cm³/mol. The smallest absolute Gasteiger partial charge is 0.260 e. The fourth-order valence-electron chi connectivity index (χ4n) is 3.57. The summed E-state index contributed by atoms with van der Waals surface area (Å²) in [5, 5.41) is 4.29. The summed E-state index contributed by atoms with van der Waals surface area (Å²) in [7, 11) is 1.93. The molecule has 172 valence electrons. The molecule has 0 unspecified atom stereocenters. The lowest BCUT2D eigenvalue weighted by atomic mass is 10.1. The predicted octanol–water partition coefficient (Wildman–Crippen LogP) is 4.48. The third kappa shape index (κ3) is 6.97. The summed E-state index contributed by atoms with van der Waals surface area (Å²) >= 11 is 0. The largest absolute Gasteiger partial charge is 0.484 e. The molecule has 1 heterocycles. The molecule has 1 aliphatic rings. The average Bonchev–Trinajstić information content (AvgIpc) is 2.84. The monoisotopic (exact) mass is 441 g/mol. The Morgan fingerprint density at radius 1 is 1.06 bits per heavy atom. The Morgan fingerprint density at radius 2 is 1.75 bits per heavy atom. The van der Waals surface area contributed by atoms with Crippen molar-refractivity contribution < 1.29 is 18.8 Å². The minimum Gasteiger partial charge on any atom is -0.484 e. The normalized spacial score (nSPS) is 14.2. The molecule has 0 atom stereocenters. The van der Waals surface area contributed by atoms with E-state index in [1.54, 1.807) is 12.1 Å². The number of halogens is 1. The minimum absolute atomic E-state index is 0.0450. The molecule has 2 aromatic carbocycles. The van der Waals surface area contributed by atoms with Crippen LogP contribution in [0, 0.1) is 5.82 Å². The second kappa shape index (κ2) is 12.1. The number of hydrogen-bond acceptors (Lipinski definition) is 5. The fraction of sp³-hybridized carbons (Fsp3) is 0.440. The van der Waals surface area contributed by atoms with E-state index in [2.05, 4.69) is 5.16 Å². The van der Waals surface area contributed by atoms with Crippen molar-refractivity contribution in [1.82, 2.24) is 4.90 Å². The Bertz CT molecular complexity index is 878. The van der Waals surface area contributed by atoms with Crippen LogP contribution in [0.2, 0.25) is 0 Å². The van der Waals surface area contributed by atoms with Crippen LogP contribution in [0.25, 0.3) is 0 Å². The lowest BCUT2D eigenvalue weighted by molar-refractivity contribution is -0.134. The first-order valence-electron chi connectivity index (χ1n) is 11.2. The molecule has 1 saturated heterocycles. The number of ether oxygens (including phenoxy) is 1. The molecule has 0 saturated carbocycles. The molecule has 0 aromatic heterocycles. The second-order valence-corrected chi connectivity index (χ2v) is 7.88. The molecule has 6 nitrogen and oxygen atoms in total. The fourth-order valence-corrected chi connectivity index (χ4v) is 3.57. The topological polar surface area (TPSA) is 54.4 Å². The number of likely N-dealkylation sites (tertiary alicyclic amines) is 1. The van der Waals surface area contributed by atoms with Crippen molar-refractivity contribution in [2.24, 2.45) is 5.16 Å². The maximum absolute atomic E-state index is 13.0. The SMILES string of the molecule is CC/C(=N/OCCN(C)c1ccc(F)cc1)c1ccc(OCC(=O)N2CCCCC2)cc1. The first kappa shape index (κ1) is 23.6. The van der Waals surface area contributed by atoms with Crippen molar-refractivity contribution in [3.05, 3.63) is 59.9 Å². The Labute approximate surface area is 189 Å². The number of nitrogens with zero attached hydrogens (tertiary/aromatic N) is 3. The number of piperidine rings is 1. The molecule has 0 spiro atoms. The molecular weight excluding hydrogens is 409 g/mol. The molecule has 7 heteroatoms. The van der Waals surface area contributed by atoms with Crippen LogP contribution in [-0.4, -0.2) is 56.4 Å². The van der Waals surface area contributed by atoms with Gasteiger partial charge < -0.3 is 19.4 Å². The molecule has 0 N–H and O–H groups in total. The van der Waals surface area contributed by atoms with Crippen LogP contribution in [0.5, 0.6) is 5.75 Å². The number of benzene rings is 2. The Kier molecular flexibility index (Phi) is 8.90. The van der Waals surface area contributed by atoms with E-state index in [0.29, 0.717) is 18.9 Å². The Hall–Kier alpha value is -3.09. The van der Waals surface area contributed by atoms with Gasteiger partial charge in [-0.15, -0.1) is 0 Å². The van der Waals surface area contributed by atoms with E-state index in [1.807, 2.05) is 48.0 Å². The van der Waals surface area contributed by atoms with Crippen molar-refractivity contribution in [3.63, 3.8) is 0 Å². The van der Waals surface area contributed by atoms with E-state index in [9.17, 15) is 9.18 Å². The maximum atomic E-state index is 13.0. The van der Waals surface area contributed by atoms with Crippen LogP contribution >= 0.6 is 0 Å². The molecule has 32 heavy (non-hydrogen) atoms. The molecule has 1 fully saturated rings. The highest BCUT2D eigenvalue weighted by molar-refractivity contribution is 6.00. The molecule has 0 aliphatic carbocycles. The molecular formula is C25H32FN3O3. The van der Waals surface area contributed by atoms with Crippen molar-refractivity contribution >= 4 is 17.3 Å². The van der Waals surface area contributed by atoms with Gasteiger partial charge in [-0.2, -0.15) is 0 Å². The van der Waals surface area contributed by atoms with Gasteiger partial charge in [0.25, 0.3) is 5.91 Å². The second-order valence-electron chi connectivity index (χ2n) is 7.88. The van der Waals surface area contributed by atoms with E-state index in [0.717, 1.165) is 49.3 Å². The molecule has 1 aliphatic heterocycles. The standard InChI is InChI=1S/C25H32FN3O3/c1-3-24(27-32-18-17-28(2)22-11-9-21(26)10-12-22)20-7-13-23(14-8-20)31-19-25(30)29-15-5-4-6-16-29/h7-14H,3-6,15-19H2,1-2H3/b27-24-. The summed E-state index contributed by atoms with van der Waals surface area (Å²) in [5.74, 6) is 0.459. The van der Waals surface area contributed by atoms with Crippen LogP contribution in [0.15, 0.2) is 53.7 Å². The van der Waals surface area contributed by atoms with Crippen LogP contribution < -0.4 is 9.64 Å². The first-order valence-corrected chi connectivity index (χ1v) is 11.2. The minimum atomic E-state index is -0.249. The molecule has 2 aromatic rings. The molecule has 3 rings (SSSR count). The van der Waals surface area contributed by atoms with Crippen LogP contribution in [0.4, 0.5) is 10.1 Å². The molecule has 0 radical (unpaired) electrons. The average molecular weight is 442 g/mol. The highest BCUT2D eigenvalue weighted by Crippen LogP contribution is 2.16. The van der Waals surface area contributed by atoms with Gasteiger partial charge in [-0.05, 0) is 79.8 Å². The van der Waals surface area contributed by atoms with Gasteiger partial charge >= 0.3 is 0 Å². The zero-order valence-corrected chi connectivity index (χ0v) is 18.9. The van der Waals surface area contributed by atoms with Gasteiger partial charge in [-0.1, -0.05) is 12.1 Å². The van der Waals surface area contributed by atoms with Gasteiger partial charge in [-0.25, -0.2) is 4.39 Å². The quantitative estimate of drug-likeness (QED) is 0.310. The third-order valence-electron chi connectivity index (χ3n) is 5.55. The third-order valence-corrected chi connectivity index (χ3v) is 5.55. The van der Waals surface area contributed by atoms with Crippen LogP contribution in [0.1, 0.15) is 38.2 Å². The summed E-state index contributed by atoms with van der Waals surface area (Å²) in [6.45, 7) is 4.79. The molecule has 1 amide bonds. The van der Waals surface area contributed by atoms with E-state index in [1.165, 1.54) is 18.6 Å². The van der Waals surface area contributed by atoms with E-state index >= 15 is 0 Å². The zero-order chi connectivity index (χ0) is 22.8. The van der Waals surface area contributed by atoms with Gasteiger partial charge in [0.05, 0.1) is 12.3 Å². The number of amides is 1. The van der Waals surface area contributed by atoms with E-state index in [4.69, 9.17) is 9.57 Å².